The zero-order chi connectivity index (χ0) is 16.0. The van der Waals surface area contributed by atoms with Crippen molar-refractivity contribution in [2.24, 2.45) is 17.3 Å². The molecule has 1 aliphatic heterocycles. The van der Waals surface area contributed by atoms with Gasteiger partial charge in [-0.25, -0.2) is 4.79 Å². The van der Waals surface area contributed by atoms with E-state index in [1.54, 1.807) is 0 Å². The van der Waals surface area contributed by atoms with Crippen LogP contribution in [-0.4, -0.2) is 54.9 Å². The van der Waals surface area contributed by atoms with Crippen molar-refractivity contribution in [3.63, 3.8) is 0 Å². The normalized spacial score (nSPS) is 21.6. The molecule has 2 amide bonds. The number of amides is 2. The molecule has 1 heterocycles. The molecule has 0 radical (unpaired) electrons. The maximum atomic E-state index is 11.7. The number of aliphatic hydroxyl groups is 1. The first-order chi connectivity index (χ1) is 9.68. The molecular formula is C16H33N3O2. The van der Waals surface area contributed by atoms with Crippen molar-refractivity contribution in [1.29, 1.82) is 0 Å². The predicted molar refractivity (Wildman–Crippen MR) is 86.2 cm³/mol. The summed E-state index contributed by atoms with van der Waals surface area (Å²) in [5.41, 5.74) is -0.212. The van der Waals surface area contributed by atoms with Crippen LogP contribution in [0.25, 0.3) is 0 Å². The first-order valence-corrected chi connectivity index (χ1v) is 8.10. The van der Waals surface area contributed by atoms with Gasteiger partial charge in [-0.05, 0) is 30.2 Å². The van der Waals surface area contributed by atoms with Gasteiger partial charge in [-0.15, -0.1) is 0 Å². The average molecular weight is 299 g/mol. The Hall–Kier alpha value is -0.810. The number of hydrogen-bond acceptors (Lipinski definition) is 3. The highest BCUT2D eigenvalue weighted by atomic mass is 16.3. The van der Waals surface area contributed by atoms with Gasteiger partial charge in [0.15, 0.2) is 0 Å². The van der Waals surface area contributed by atoms with Crippen molar-refractivity contribution in [2.45, 2.75) is 47.1 Å². The maximum Gasteiger partial charge on any atom is 0.314 e. The Balaban J connectivity index is 2.17. The number of nitrogens with one attached hydrogen (secondary N) is 2. The summed E-state index contributed by atoms with van der Waals surface area (Å²) < 4.78 is 0. The molecule has 1 saturated heterocycles. The Bertz CT molecular complexity index is 326. The van der Waals surface area contributed by atoms with Crippen molar-refractivity contribution in [3.8, 4) is 0 Å². The molecule has 0 saturated carbocycles. The highest BCUT2D eigenvalue weighted by molar-refractivity contribution is 5.73. The molecule has 0 aliphatic carbocycles. The maximum absolute atomic E-state index is 11.7. The van der Waals surface area contributed by atoms with Crippen LogP contribution in [0.5, 0.6) is 0 Å². The molecule has 1 fully saturated rings. The second-order valence-corrected chi connectivity index (χ2v) is 7.78. The van der Waals surface area contributed by atoms with Gasteiger partial charge in [0.05, 0.1) is 6.10 Å². The number of carbonyl (C=O) groups is 1. The fraction of sp³-hybridized carbons (Fsp3) is 0.938. The molecule has 0 aromatic rings. The largest absolute Gasteiger partial charge is 0.391 e. The third-order valence-corrected chi connectivity index (χ3v) is 4.00. The highest BCUT2D eigenvalue weighted by Gasteiger charge is 2.24. The monoisotopic (exact) mass is 299 g/mol. The molecule has 1 rings (SSSR count). The highest BCUT2D eigenvalue weighted by Crippen LogP contribution is 2.18. The predicted octanol–water partition coefficient (Wildman–Crippen LogP) is 1.67. The molecule has 1 aliphatic rings. The van der Waals surface area contributed by atoms with Crippen LogP contribution in [0.15, 0.2) is 0 Å². The lowest BCUT2D eigenvalue weighted by Crippen LogP contribution is -2.44. The lowest BCUT2D eigenvalue weighted by atomic mass is 9.89. The molecule has 2 unspecified atom stereocenters. The smallest absolute Gasteiger partial charge is 0.314 e. The summed E-state index contributed by atoms with van der Waals surface area (Å²) in [7, 11) is 0. The van der Waals surface area contributed by atoms with E-state index in [0.717, 1.165) is 26.1 Å². The molecule has 2 atom stereocenters. The quantitative estimate of drug-likeness (QED) is 0.699. The molecule has 0 aromatic carbocycles. The second-order valence-electron chi connectivity index (χ2n) is 7.78. The van der Waals surface area contributed by atoms with E-state index < -0.39 is 6.10 Å². The number of rotatable bonds is 6. The minimum atomic E-state index is -0.531. The van der Waals surface area contributed by atoms with Gasteiger partial charge in [0.2, 0.25) is 0 Å². The van der Waals surface area contributed by atoms with E-state index in [9.17, 15) is 9.90 Å². The number of aliphatic hydroxyl groups excluding tert-OH is 1. The van der Waals surface area contributed by atoms with E-state index in [1.165, 1.54) is 0 Å². The van der Waals surface area contributed by atoms with Crippen molar-refractivity contribution in [2.75, 3.05) is 32.7 Å². The van der Waals surface area contributed by atoms with Gasteiger partial charge in [-0.3, -0.25) is 0 Å². The van der Waals surface area contributed by atoms with Gasteiger partial charge in [-0.1, -0.05) is 34.6 Å². The topological polar surface area (TPSA) is 64.6 Å². The van der Waals surface area contributed by atoms with Gasteiger partial charge in [-0.2, -0.15) is 0 Å². The van der Waals surface area contributed by atoms with E-state index in [1.807, 2.05) is 20.8 Å². The molecule has 5 nitrogen and oxygen atoms in total. The fourth-order valence-electron chi connectivity index (χ4n) is 2.56. The Morgan fingerprint density at radius 2 is 2.00 bits per heavy atom. The summed E-state index contributed by atoms with van der Waals surface area (Å²) in [5, 5.41) is 15.5. The molecule has 0 spiro atoms. The molecule has 5 heteroatoms. The third kappa shape index (κ3) is 7.14. The van der Waals surface area contributed by atoms with E-state index in [2.05, 4.69) is 29.4 Å². The Morgan fingerprint density at radius 1 is 1.33 bits per heavy atom. The van der Waals surface area contributed by atoms with E-state index in [4.69, 9.17) is 0 Å². The number of hydrogen-bond donors (Lipinski definition) is 3. The van der Waals surface area contributed by atoms with Gasteiger partial charge in [0.25, 0.3) is 0 Å². The fourth-order valence-corrected chi connectivity index (χ4v) is 2.56. The number of carbonyl (C=O) groups excluding carboxylic acids is 1. The van der Waals surface area contributed by atoms with Crippen LogP contribution in [0.3, 0.4) is 0 Å². The average Bonchev–Trinajstić information content (AvgIpc) is 2.78. The SMILES string of the molecule is CC(C)CN1CCC(CNC(=O)NCC(O)C(C)(C)C)C1. The summed E-state index contributed by atoms with van der Waals surface area (Å²) in [6.07, 6.45) is 0.619. The summed E-state index contributed by atoms with van der Waals surface area (Å²) in [5.74, 6) is 1.24. The Morgan fingerprint density at radius 3 is 2.57 bits per heavy atom. The lowest BCUT2D eigenvalue weighted by Gasteiger charge is -2.26. The van der Waals surface area contributed by atoms with Crippen LogP contribution in [0, 0.1) is 17.3 Å². The van der Waals surface area contributed by atoms with E-state index in [0.29, 0.717) is 24.9 Å². The number of likely N-dealkylation sites (tertiary alicyclic amines) is 1. The lowest BCUT2D eigenvalue weighted by molar-refractivity contribution is 0.0649. The summed E-state index contributed by atoms with van der Waals surface area (Å²) >= 11 is 0. The zero-order valence-electron chi connectivity index (χ0n) is 14.3. The van der Waals surface area contributed by atoms with E-state index >= 15 is 0 Å². The van der Waals surface area contributed by atoms with Gasteiger partial charge >= 0.3 is 6.03 Å². The molecule has 21 heavy (non-hydrogen) atoms. The second kappa shape index (κ2) is 7.99. The van der Waals surface area contributed by atoms with Crippen LogP contribution in [-0.2, 0) is 0 Å². The summed E-state index contributed by atoms with van der Waals surface area (Å²) in [4.78, 5) is 14.2. The van der Waals surface area contributed by atoms with Gasteiger partial charge in [0, 0.05) is 26.2 Å². The first-order valence-electron chi connectivity index (χ1n) is 8.10. The molecule has 124 valence electrons. The van der Waals surface area contributed by atoms with Crippen LogP contribution in [0.1, 0.15) is 41.0 Å². The van der Waals surface area contributed by atoms with Crippen LogP contribution >= 0.6 is 0 Å². The Labute approximate surface area is 129 Å². The molecular weight excluding hydrogens is 266 g/mol. The number of urea groups is 1. The third-order valence-electron chi connectivity index (χ3n) is 4.00. The van der Waals surface area contributed by atoms with Crippen LogP contribution in [0.4, 0.5) is 4.79 Å². The van der Waals surface area contributed by atoms with Crippen molar-refractivity contribution in [3.05, 3.63) is 0 Å². The minimum absolute atomic E-state index is 0.180. The minimum Gasteiger partial charge on any atom is -0.391 e. The van der Waals surface area contributed by atoms with E-state index in [-0.39, 0.29) is 11.4 Å². The summed E-state index contributed by atoms with van der Waals surface area (Å²) in [6.45, 7) is 14.7. The van der Waals surface area contributed by atoms with Gasteiger partial charge < -0.3 is 20.6 Å². The standard InChI is InChI=1S/C16H33N3O2/c1-12(2)10-19-7-6-13(11-19)8-17-15(21)18-9-14(20)16(3,4)5/h12-14,20H,6-11H2,1-5H3,(H2,17,18,21). The molecule has 3 N–H and O–H groups in total. The van der Waals surface area contributed by atoms with Crippen molar-refractivity contribution < 1.29 is 9.90 Å². The first kappa shape index (κ1) is 18.2. The van der Waals surface area contributed by atoms with Crippen molar-refractivity contribution in [1.82, 2.24) is 15.5 Å². The summed E-state index contributed by atoms with van der Waals surface area (Å²) in [6, 6.07) is -0.180. The van der Waals surface area contributed by atoms with Crippen LogP contribution < -0.4 is 10.6 Å². The Kier molecular flexibility index (Phi) is 6.94. The van der Waals surface area contributed by atoms with Gasteiger partial charge in [0.1, 0.15) is 0 Å². The molecule has 0 bridgehead atoms. The van der Waals surface area contributed by atoms with Crippen LogP contribution in [0.2, 0.25) is 0 Å². The number of nitrogens with zero attached hydrogens (tertiary/aromatic N) is 1. The van der Waals surface area contributed by atoms with Crippen molar-refractivity contribution >= 4 is 6.03 Å². The zero-order valence-corrected chi connectivity index (χ0v) is 14.3. The molecule has 0 aromatic heterocycles.